The molecule has 0 fully saturated rings. The summed E-state index contributed by atoms with van der Waals surface area (Å²) in [6.45, 7) is 2.02. The number of rotatable bonds is 2. The quantitative estimate of drug-likeness (QED) is 0.518. The van der Waals surface area contributed by atoms with Gasteiger partial charge in [0.2, 0.25) is 0 Å². The van der Waals surface area contributed by atoms with Gasteiger partial charge in [-0.1, -0.05) is 0 Å². The fraction of sp³-hybridized carbons (Fsp3) is 0.667. The van der Waals surface area contributed by atoms with E-state index in [1.165, 1.54) is 0 Å². The molecule has 0 amide bonds. The number of nitrogens with one attached hydrogen (secondary N) is 1. The van der Waals surface area contributed by atoms with E-state index in [2.05, 4.69) is 3.53 Å². The first-order valence-corrected chi connectivity index (χ1v) is 2.68. The topological polar surface area (TPSA) is 29.1 Å². The predicted molar refractivity (Wildman–Crippen MR) is 32.7 cm³/mol. The van der Waals surface area contributed by atoms with Crippen LogP contribution in [0.2, 0.25) is 0 Å². The summed E-state index contributed by atoms with van der Waals surface area (Å²) in [5, 5.41) is 0. The Morgan fingerprint density at radius 3 is 2.50 bits per heavy atom. The average Bonchev–Trinajstić information content (AvgIpc) is 1.35. The van der Waals surface area contributed by atoms with Crippen molar-refractivity contribution in [3.05, 3.63) is 0 Å². The van der Waals surface area contributed by atoms with Gasteiger partial charge >= 0.3 is 0 Å². The maximum absolute atomic E-state index is 9.98. The zero-order chi connectivity index (χ0) is 4.99. The van der Waals surface area contributed by atoms with Crippen LogP contribution in [0.3, 0.4) is 0 Å². The molecule has 0 bridgehead atoms. The van der Waals surface area contributed by atoms with Crippen LogP contribution in [-0.4, -0.2) is 12.3 Å². The predicted octanol–water partition coefficient (Wildman–Crippen LogP) is 0.515. The van der Waals surface area contributed by atoms with Gasteiger partial charge in [0, 0.05) is 22.9 Å². The zero-order valence-corrected chi connectivity index (χ0v) is 5.65. The van der Waals surface area contributed by atoms with Crippen LogP contribution >= 0.6 is 22.9 Å². The van der Waals surface area contributed by atoms with Gasteiger partial charge in [0.25, 0.3) is 0 Å². The maximum atomic E-state index is 9.98. The smallest absolute Gasteiger partial charge is 0.144 e. The molecule has 0 aromatic rings. The van der Waals surface area contributed by atoms with Gasteiger partial charge in [0.15, 0.2) is 0 Å². The number of carbonyl (C=O) groups excluding carboxylic acids is 1. The molecule has 0 aliphatic carbocycles. The van der Waals surface area contributed by atoms with Crippen LogP contribution in [0.4, 0.5) is 0 Å². The molecule has 0 rings (SSSR count). The number of halogens is 1. The van der Waals surface area contributed by atoms with Crippen molar-refractivity contribution in [2.24, 2.45) is 0 Å². The lowest BCUT2D eigenvalue weighted by Crippen LogP contribution is -2.08. The van der Waals surface area contributed by atoms with Gasteiger partial charge < -0.3 is 0 Å². The fourth-order valence-electron chi connectivity index (χ4n) is 0.0941. The fourth-order valence-corrected chi connectivity index (χ4v) is 0.631. The number of hydrogen-bond donors (Lipinski definition) is 1. The van der Waals surface area contributed by atoms with Crippen LogP contribution in [0.15, 0.2) is 0 Å². The molecule has 0 aromatic heterocycles. The Morgan fingerprint density at radius 1 is 2.00 bits per heavy atom. The third-order valence-corrected chi connectivity index (χ3v) is 0.697. The minimum Gasteiger partial charge on any atom is -0.299 e. The Kier molecular flexibility index (Phi) is 3.76. The van der Waals surface area contributed by atoms with Crippen LogP contribution < -0.4 is 3.53 Å². The van der Waals surface area contributed by atoms with Crippen LogP contribution in [0.1, 0.15) is 6.92 Å². The van der Waals surface area contributed by atoms with Gasteiger partial charge in [-0.15, -0.1) is 0 Å². The lowest BCUT2D eigenvalue weighted by Gasteiger charge is -1.82. The Bertz CT molecular complexity index is 54.8. The number of Topliss-reactive ketones (excluding diaryl/α,β-unsaturated/α-hetero) is 1. The molecule has 3 heteroatoms. The average molecular weight is 199 g/mol. The maximum Gasteiger partial charge on any atom is 0.144 e. The van der Waals surface area contributed by atoms with Crippen LogP contribution in [0.5, 0.6) is 0 Å². The molecule has 0 aliphatic heterocycles. The molecule has 36 valence electrons. The highest BCUT2D eigenvalue weighted by atomic mass is 127. The van der Waals surface area contributed by atoms with Gasteiger partial charge in [0.05, 0.1) is 6.54 Å². The summed E-state index contributed by atoms with van der Waals surface area (Å²) in [6.07, 6.45) is 0. The molecule has 1 N–H and O–H groups in total. The molecular formula is C3H6INO. The number of ketones is 1. The summed E-state index contributed by atoms with van der Waals surface area (Å²) in [6, 6.07) is 0. The SMILES string of the molecule is CC(=O)CNI. The van der Waals surface area contributed by atoms with E-state index in [1.54, 1.807) is 6.92 Å². The van der Waals surface area contributed by atoms with Crippen molar-refractivity contribution in [2.45, 2.75) is 6.92 Å². The first-order chi connectivity index (χ1) is 2.77. The molecule has 0 aromatic carbocycles. The lowest BCUT2D eigenvalue weighted by molar-refractivity contribution is -0.115. The first-order valence-electron chi connectivity index (χ1n) is 1.60. The molecule has 0 aliphatic rings. The highest BCUT2D eigenvalue weighted by Gasteiger charge is 1.83. The Hall–Kier alpha value is 0.360. The second-order valence-corrected chi connectivity index (χ2v) is 1.78. The van der Waals surface area contributed by atoms with E-state index in [-0.39, 0.29) is 5.78 Å². The minimum atomic E-state index is 0.171. The van der Waals surface area contributed by atoms with E-state index in [4.69, 9.17) is 0 Å². The van der Waals surface area contributed by atoms with Gasteiger partial charge in [-0.05, 0) is 6.92 Å². The normalized spacial score (nSPS) is 8.33. The summed E-state index contributed by atoms with van der Waals surface area (Å²) in [5.41, 5.74) is 0. The second kappa shape index (κ2) is 3.55. The number of hydrogen-bond acceptors (Lipinski definition) is 2. The Balaban J connectivity index is 2.83. The van der Waals surface area contributed by atoms with E-state index in [1.807, 2.05) is 22.9 Å². The first kappa shape index (κ1) is 6.36. The van der Waals surface area contributed by atoms with Crippen LogP contribution in [-0.2, 0) is 4.79 Å². The molecule has 2 nitrogen and oxygen atoms in total. The third-order valence-electron chi connectivity index (χ3n) is 0.316. The highest BCUT2D eigenvalue weighted by Crippen LogP contribution is 1.68. The van der Waals surface area contributed by atoms with Crippen molar-refractivity contribution in [1.82, 2.24) is 3.53 Å². The van der Waals surface area contributed by atoms with Gasteiger partial charge in [-0.25, -0.2) is 0 Å². The summed E-state index contributed by atoms with van der Waals surface area (Å²) in [4.78, 5) is 9.98. The summed E-state index contributed by atoms with van der Waals surface area (Å²) < 4.78 is 2.69. The van der Waals surface area contributed by atoms with Crippen molar-refractivity contribution >= 4 is 28.6 Å². The molecule has 0 radical (unpaired) electrons. The number of carbonyl (C=O) groups is 1. The van der Waals surface area contributed by atoms with Crippen LogP contribution in [0.25, 0.3) is 0 Å². The van der Waals surface area contributed by atoms with Crippen molar-refractivity contribution < 1.29 is 4.79 Å². The standard InChI is InChI=1S/C3H6INO/c1-3(6)2-5-4/h5H,2H2,1H3. The Morgan fingerprint density at radius 2 is 2.50 bits per heavy atom. The van der Waals surface area contributed by atoms with Gasteiger partial charge in [-0.3, -0.25) is 8.32 Å². The van der Waals surface area contributed by atoms with Crippen molar-refractivity contribution in [3.63, 3.8) is 0 Å². The zero-order valence-electron chi connectivity index (χ0n) is 3.49. The van der Waals surface area contributed by atoms with Gasteiger partial charge in [0.1, 0.15) is 5.78 Å². The molecule has 0 unspecified atom stereocenters. The molecule has 0 heterocycles. The second-order valence-electron chi connectivity index (χ2n) is 1.01. The molecule has 6 heavy (non-hydrogen) atoms. The van der Waals surface area contributed by atoms with Crippen molar-refractivity contribution in [2.75, 3.05) is 6.54 Å². The van der Waals surface area contributed by atoms with Crippen LogP contribution in [0, 0.1) is 0 Å². The summed E-state index contributed by atoms with van der Waals surface area (Å²) in [7, 11) is 0. The molecular weight excluding hydrogens is 193 g/mol. The molecule has 0 saturated carbocycles. The molecule has 0 saturated heterocycles. The van der Waals surface area contributed by atoms with E-state index in [0.717, 1.165) is 0 Å². The van der Waals surface area contributed by atoms with E-state index >= 15 is 0 Å². The summed E-state index contributed by atoms with van der Waals surface area (Å²) in [5.74, 6) is 0.171. The van der Waals surface area contributed by atoms with E-state index in [0.29, 0.717) is 6.54 Å². The highest BCUT2D eigenvalue weighted by molar-refractivity contribution is 14.1. The third kappa shape index (κ3) is 4.36. The van der Waals surface area contributed by atoms with E-state index in [9.17, 15) is 4.79 Å². The summed E-state index contributed by atoms with van der Waals surface area (Å²) >= 11 is 1.93. The van der Waals surface area contributed by atoms with Crippen molar-refractivity contribution in [1.29, 1.82) is 0 Å². The van der Waals surface area contributed by atoms with Gasteiger partial charge in [-0.2, -0.15) is 0 Å². The largest absolute Gasteiger partial charge is 0.299 e. The minimum absolute atomic E-state index is 0.171. The Labute approximate surface area is 50.8 Å². The van der Waals surface area contributed by atoms with E-state index < -0.39 is 0 Å². The monoisotopic (exact) mass is 199 g/mol. The molecule has 0 spiro atoms. The lowest BCUT2D eigenvalue weighted by atomic mass is 10.5. The van der Waals surface area contributed by atoms with Crippen molar-refractivity contribution in [3.8, 4) is 0 Å². The molecule has 0 atom stereocenters.